The van der Waals surface area contributed by atoms with Gasteiger partial charge < -0.3 is 19.1 Å². The number of thiophene rings is 1. The third kappa shape index (κ3) is 4.56. The van der Waals surface area contributed by atoms with Crippen molar-refractivity contribution in [3.8, 4) is 0 Å². The number of hydrogen-bond donors (Lipinski definition) is 0. The van der Waals surface area contributed by atoms with E-state index in [1.54, 1.807) is 6.34 Å². The lowest BCUT2D eigenvalue weighted by Gasteiger charge is -2.43. The Morgan fingerprint density at radius 1 is 1.18 bits per heavy atom. The van der Waals surface area contributed by atoms with Gasteiger partial charge in [-0.05, 0) is 0 Å². The standard InChI is InChI=1S/C18H30N4O4PS/c1-20(2)14-19-17-15(13-16(28-17)18(23)24-3)27(4,21-5-9-25-10-6-21)22-7-11-26-12-8-22/h13-14H,5-12H2,1-4H3/q+1. The van der Waals surface area contributed by atoms with Crippen molar-refractivity contribution in [1.29, 1.82) is 0 Å². The molecule has 28 heavy (non-hydrogen) atoms. The van der Waals surface area contributed by atoms with Crippen molar-refractivity contribution in [2.45, 2.75) is 0 Å². The van der Waals surface area contributed by atoms with Gasteiger partial charge in [0.15, 0.2) is 17.9 Å². The summed E-state index contributed by atoms with van der Waals surface area (Å²) in [6, 6.07) is 2.00. The Labute approximate surface area is 171 Å². The van der Waals surface area contributed by atoms with Gasteiger partial charge in [0, 0.05) is 20.2 Å². The van der Waals surface area contributed by atoms with Crippen LogP contribution >= 0.6 is 18.9 Å². The number of aliphatic imine (C=N–C) groups is 1. The van der Waals surface area contributed by atoms with Gasteiger partial charge in [0.25, 0.3) is 0 Å². The Bertz CT molecular complexity index is 682. The number of carbonyl (C=O) groups is 1. The first-order valence-corrected chi connectivity index (χ1v) is 12.4. The van der Waals surface area contributed by atoms with Crippen LogP contribution in [0, 0.1) is 0 Å². The van der Waals surface area contributed by atoms with E-state index in [2.05, 4.69) is 16.0 Å². The molecule has 0 radical (unpaired) electrons. The predicted octanol–water partition coefficient (Wildman–Crippen LogP) is 1.52. The number of carbonyl (C=O) groups excluding carboxylic acids is 1. The molecule has 0 spiro atoms. The molecule has 0 atom stereocenters. The van der Waals surface area contributed by atoms with Gasteiger partial charge in [-0.15, -0.1) is 11.3 Å². The summed E-state index contributed by atoms with van der Waals surface area (Å²) < 4.78 is 21.3. The maximum Gasteiger partial charge on any atom is 0.348 e. The van der Waals surface area contributed by atoms with E-state index in [9.17, 15) is 4.79 Å². The molecular weight excluding hydrogens is 399 g/mol. The number of ether oxygens (including phenoxy) is 3. The molecule has 0 saturated carbocycles. The minimum atomic E-state index is -1.92. The van der Waals surface area contributed by atoms with Crippen LogP contribution < -0.4 is 5.30 Å². The molecule has 3 rings (SSSR count). The number of esters is 1. The van der Waals surface area contributed by atoms with Crippen molar-refractivity contribution >= 4 is 41.5 Å². The Kier molecular flexibility index (Phi) is 7.42. The molecule has 0 bridgehead atoms. The zero-order valence-corrected chi connectivity index (χ0v) is 18.8. The summed E-state index contributed by atoms with van der Waals surface area (Å²) in [5, 5.41) is 2.02. The number of hydrogen-bond acceptors (Lipinski definition) is 8. The predicted molar refractivity (Wildman–Crippen MR) is 115 cm³/mol. The van der Waals surface area contributed by atoms with Gasteiger partial charge in [-0.3, -0.25) is 0 Å². The summed E-state index contributed by atoms with van der Waals surface area (Å²) in [6.07, 6.45) is 1.79. The molecule has 10 heteroatoms. The molecule has 3 heterocycles. The number of morpholine rings is 2. The van der Waals surface area contributed by atoms with E-state index in [1.165, 1.54) is 18.4 Å². The lowest BCUT2D eigenvalue weighted by Crippen LogP contribution is -2.49. The van der Waals surface area contributed by atoms with Crippen LogP contribution in [-0.4, -0.2) is 107 Å². The molecule has 8 nitrogen and oxygen atoms in total. The number of rotatable bonds is 6. The first kappa shape index (κ1) is 21.6. The fourth-order valence-electron chi connectivity index (χ4n) is 3.51. The highest BCUT2D eigenvalue weighted by atomic mass is 32.1. The zero-order chi connectivity index (χ0) is 20.1. The minimum Gasteiger partial charge on any atom is -0.465 e. The van der Waals surface area contributed by atoms with E-state index >= 15 is 0 Å². The van der Waals surface area contributed by atoms with Crippen LogP contribution in [0.5, 0.6) is 0 Å². The highest BCUT2D eigenvalue weighted by Gasteiger charge is 2.52. The SMILES string of the molecule is COC(=O)c1cc([P+](C)(N2CCOCC2)N2CCOCC2)c(N=CN(C)C)s1. The topological polar surface area (TPSA) is 66.8 Å². The molecule has 2 aliphatic rings. The van der Waals surface area contributed by atoms with E-state index in [0.29, 0.717) is 4.88 Å². The van der Waals surface area contributed by atoms with Gasteiger partial charge in [-0.1, -0.05) is 0 Å². The Hall–Kier alpha value is -1.09. The van der Waals surface area contributed by atoms with E-state index < -0.39 is 7.56 Å². The average Bonchev–Trinajstić information content (AvgIpc) is 3.17. The lowest BCUT2D eigenvalue weighted by atomic mass is 10.5. The van der Waals surface area contributed by atoms with E-state index in [4.69, 9.17) is 19.2 Å². The van der Waals surface area contributed by atoms with Crippen LogP contribution in [0.25, 0.3) is 0 Å². The molecule has 2 fully saturated rings. The molecule has 0 N–H and O–H groups in total. The molecule has 0 amide bonds. The van der Waals surface area contributed by atoms with Crippen LogP contribution in [0.3, 0.4) is 0 Å². The molecule has 1 aromatic heterocycles. The first-order chi connectivity index (χ1) is 13.5. The van der Waals surface area contributed by atoms with Crippen LogP contribution in [0.4, 0.5) is 5.00 Å². The van der Waals surface area contributed by atoms with Crippen molar-refractivity contribution < 1.29 is 19.0 Å². The monoisotopic (exact) mass is 429 g/mol. The van der Waals surface area contributed by atoms with Crippen molar-refractivity contribution in [3.63, 3.8) is 0 Å². The van der Waals surface area contributed by atoms with Crippen molar-refractivity contribution in [1.82, 2.24) is 14.2 Å². The van der Waals surface area contributed by atoms with Crippen LogP contribution in [0.15, 0.2) is 11.1 Å². The van der Waals surface area contributed by atoms with Crippen LogP contribution in [0.2, 0.25) is 0 Å². The highest BCUT2D eigenvalue weighted by Crippen LogP contribution is 2.63. The van der Waals surface area contributed by atoms with Crippen molar-refractivity contribution in [3.05, 3.63) is 10.9 Å². The molecule has 1 aromatic rings. The molecule has 0 unspecified atom stereocenters. The summed E-state index contributed by atoms with van der Waals surface area (Å²) in [5.74, 6) is -0.312. The largest absolute Gasteiger partial charge is 0.465 e. The first-order valence-electron chi connectivity index (χ1n) is 9.43. The van der Waals surface area contributed by atoms with Gasteiger partial charge in [0.05, 0.1) is 72.7 Å². The second kappa shape index (κ2) is 9.61. The van der Waals surface area contributed by atoms with Gasteiger partial charge >= 0.3 is 5.97 Å². The van der Waals surface area contributed by atoms with E-state index in [1.807, 2.05) is 25.1 Å². The summed E-state index contributed by atoms with van der Waals surface area (Å²) in [4.78, 5) is 19.5. The Morgan fingerprint density at radius 2 is 1.71 bits per heavy atom. The fraction of sp³-hybridized carbons (Fsp3) is 0.667. The Balaban J connectivity index is 2.08. The molecule has 0 aliphatic carbocycles. The third-order valence-corrected chi connectivity index (χ3v) is 10.4. The van der Waals surface area contributed by atoms with Crippen molar-refractivity contribution in [2.24, 2.45) is 4.99 Å². The minimum absolute atomic E-state index is 0.312. The molecule has 0 aromatic carbocycles. The van der Waals surface area contributed by atoms with E-state index in [-0.39, 0.29) is 5.97 Å². The van der Waals surface area contributed by atoms with Gasteiger partial charge in [0.1, 0.15) is 4.88 Å². The second-order valence-electron chi connectivity index (χ2n) is 7.05. The maximum atomic E-state index is 12.3. The zero-order valence-electron chi connectivity index (χ0n) is 17.1. The van der Waals surface area contributed by atoms with Crippen LogP contribution in [-0.2, 0) is 14.2 Å². The van der Waals surface area contributed by atoms with Crippen LogP contribution in [0.1, 0.15) is 9.67 Å². The van der Waals surface area contributed by atoms with Gasteiger partial charge in [-0.2, -0.15) is 9.34 Å². The smallest absolute Gasteiger partial charge is 0.348 e. The van der Waals surface area contributed by atoms with Gasteiger partial charge in [-0.25, -0.2) is 9.79 Å². The summed E-state index contributed by atoms with van der Waals surface area (Å²) in [5.41, 5.74) is 0. The quantitative estimate of drug-likeness (QED) is 0.294. The lowest BCUT2D eigenvalue weighted by molar-refractivity contribution is 0.0569. The summed E-state index contributed by atoms with van der Waals surface area (Å²) in [7, 11) is 3.38. The summed E-state index contributed by atoms with van der Waals surface area (Å²) >= 11 is 1.40. The summed E-state index contributed by atoms with van der Waals surface area (Å²) in [6.45, 7) is 8.75. The normalized spacial score (nSPS) is 19.9. The highest BCUT2D eigenvalue weighted by molar-refractivity contribution is 7.78. The number of methoxy groups -OCH3 is 1. The molecule has 2 saturated heterocycles. The fourth-order valence-corrected chi connectivity index (χ4v) is 8.71. The molecule has 2 aliphatic heterocycles. The average molecular weight is 430 g/mol. The maximum absolute atomic E-state index is 12.3. The number of nitrogens with zero attached hydrogens (tertiary/aromatic N) is 4. The molecular formula is C18H30N4O4PS+. The third-order valence-electron chi connectivity index (χ3n) is 5.02. The second-order valence-corrected chi connectivity index (χ2v) is 11.5. The van der Waals surface area contributed by atoms with E-state index in [0.717, 1.165) is 62.9 Å². The van der Waals surface area contributed by atoms with Gasteiger partial charge in [0.2, 0.25) is 0 Å². The Morgan fingerprint density at radius 3 is 2.18 bits per heavy atom. The molecule has 156 valence electrons. The van der Waals surface area contributed by atoms with Crippen molar-refractivity contribution in [2.75, 3.05) is 80.5 Å².